The largest absolute Gasteiger partial charge is 0.452 e. The second-order valence-electron chi connectivity index (χ2n) is 7.52. The third-order valence-electron chi connectivity index (χ3n) is 5.07. The minimum Gasteiger partial charge on any atom is -0.452 e. The molecule has 1 aromatic carbocycles. The van der Waals surface area contributed by atoms with Gasteiger partial charge in [-0.2, -0.15) is 0 Å². The van der Waals surface area contributed by atoms with E-state index in [1.165, 1.54) is 18.3 Å². The van der Waals surface area contributed by atoms with Gasteiger partial charge >= 0.3 is 5.97 Å². The van der Waals surface area contributed by atoms with Gasteiger partial charge in [-0.3, -0.25) is 19.2 Å². The number of para-hydroxylation sites is 1. The highest BCUT2D eigenvalue weighted by molar-refractivity contribution is 7.12. The van der Waals surface area contributed by atoms with Gasteiger partial charge in [0.2, 0.25) is 5.91 Å². The zero-order chi connectivity index (χ0) is 23.5. The van der Waals surface area contributed by atoms with Gasteiger partial charge in [0.15, 0.2) is 11.9 Å². The van der Waals surface area contributed by atoms with Crippen LogP contribution in [0.1, 0.15) is 67.6 Å². The first-order valence-electron chi connectivity index (χ1n) is 10.7. The lowest BCUT2D eigenvalue weighted by molar-refractivity contribution is -0.153. The lowest BCUT2D eigenvalue weighted by Gasteiger charge is -2.18. The Morgan fingerprint density at radius 1 is 1.00 bits per heavy atom. The number of thiophene rings is 1. The van der Waals surface area contributed by atoms with Gasteiger partial charge in [-0.05, 0) is 42.3 Å². The molecule has 0 spiro atoms. The number of hydrogen-bond donors (Lipinski definition) is 2. The van der Waals surface area contributed by atoms with E-state index in [0.717, 1.165) is 12.0 Å². The summed E-state index contributed by atoms with van der Waals surface area (Å²) in [5.41, 5.74) is 1.74. The number of carbonyl (C=O) groups excluding carboxylic acids is 4. The van der Waals surface area contributed by atoms with Crippen molar-refractivity contribution in [1.82, 2.24) is 5.32 Å². The molecule has 0 saturated heterocycles. The van der Waals surface area contributed by atoms with Crippen molar-refractivity contribution in [2.24, 2.45) is 0 Å². The second-order valence-corrected chi connectivity index (χ2v) is 8.47. The minimum atomic E-state index is -0.966. The van der Waals surface area contributed by atoms with Crippen LogP contribution >= 0.6 is 11.3 Å². The van der Waals surface area contributed by atoms with E-state index in [1.807, 2.05) is 29.6 Å². The number of esters is 1. The number of amides is 2. The molecule has 2 amide bonds. The Morgan fingerprint density at radius 2 is 1.75 bits per heavy atom. The van der Waals surface area contributed by atoms with Crippen molar-refractivity contribution < 1.29 is 23.9 Å². The first-order valence-corrected chi connectivity index (χ1v) is 11.6. The third kappa shape index (κ3) is 7.92. The second kappa shape index (κ2) is 12.8. The average molecular weight is 459 g/mol. The number of anilines is 1. The zero-order valence-corrected chi connectivity index (χ0v) is 19.5. The van der Waals surface area contributed by atoms with Crippen molar-refractivity contribution in [3.8, 4) is 0 Å². The number of benzene rings is 1. The molecule has 0 fully saturated rings. The normalized spacial score (nSPS) is 12.5. The summed E-state index contributed by atoms with van der Waals surface area (Å²) in [7, 11) is 0. The van der Waals surface area contributed by atoms with Gasteiger partial charge in [0.05, 0.1) is 11.3 Å². The number of rotatable bonds is 12. The van der Waals surface area contributed by atoms with Gasteiger partial charge in [0.25, 0.3) is 5.91 Å². The van der Waals surface area contributed by atoms with E-state index in [0.29, 0.717) is 10.6 Å². The standard InChI is InChI=1S/C24H30N2O5S/c1-4-16(2)18-8-5-6-9-19(18)26-24(30)17(3)31-23(29)13-14-25-22(28)12-11-20(27)21-10-7-15-32-21/h5-10,15-17H,4,11-14H2,1-3H3,(H,25,28)(H,26,30). The highest BCUT2D eigenvalue weighted by atomic mass is 32.1. The molecule has 0 aliphatic carbocycles. The fourth-order valence-corrected chi connectivity index (χ4v) is 3.68. The summed E-state index contributed by atoms with van der Waals surface area (Å²) in [5.74, 6) is -1.10. The molecule has 32 heavy (non-hydrogen) atoms. The van der Waals surface area contributed by atoms with E-state index < -0.39 is 18.0 Å². The Hall–Kier alpha value is -3.00. The molecule has 2 rings (SSSR count). The number of ether oxygens (including phenoxy) is 1. The molecule has 2 N–H and O–H groups in total. The maximum absolute atomic E-state index is 12.5. The van der Waals surface area contributed by atoms with Crippen LogP contribution in [0.2, 0.25) is 0 Å². The Bertz CT molecular complexity index is 926. The molecule has 1 heterocycles. The molecular formula is C24H30N2O5S. The van der Waals surface area contributed by atoms with E-state index >= 15 is 0 Å². The molecule has 0 aliphatic rings. The molecule has 0 aliphatic heterocycles. The predicted molar refractivity (Wildman–Crippen MR) is 125 cm³/mol. The molecule has 172 valence electrons. The van der Waals surface area contributed by atoms with Crippen LogP contribution in [0.3, 0.4) is 0 Å². The summed E-state index contributed by atoms with van der Waals surface area (Å²) in [4.78, 5) is 48.9. The molecule has 7 nitrogen and oxygen atoms in total. The number of nitrogens with one attached hydrogen (secondary N) is 2. The Labute approximate surface area is 192 Å². The molecule has 8 heteroatoms. The summed E-state index contributed by atoms with van der Waals surface area (Å²) in [5, 5.41) is 7.23. The van der Waals surface area contributed by atoms with Crippen LogP contribution < -0.4 is 10.6 Å². The van der Waals surface area contributed by atoms with Crippen molar-refractivity contribution in [3.05, 3.63) is 52.2 Å². The van der Waals surface area contributed by atoms with Crippen LogP contribution in [0.5, 0.6) is 0 Å². The van der Waals surface area contributed by atoms with Crippen molar-refractivity contribution in [2.45, 2.75) is 58.5 Å². The van der Waals surface area contributed by atoms with Crippen molar-refractivity contribution in [3.63, 3.8) is 0 Å². The monoisotopic (exact) mass is 458 g/mol. The predicted octanol–water partition coefficient (Wildman–Crippen LogP) is 4.30. The molecule has 0 radical (unpaired) electrons. The van der Waals surface area contributed by atoms with E-state index in [2.05, 4.69) is 24.5 Å². The van der Waals surface area contributed by atoms with Crippen molar-refractivity contribution >= 4 is 40.6 Å². The highest BCUT2D eigenvalue weighted by Crippen LogP contribution is 2.26. The molecule has 0 saturated carbocycles. The Balaban J connectivity index is 1.70. The molecule has 2 unspecified atom stereocenters. The molecule has 1 aromatic heterocycles. The topological polar surface area (TPSA) is 102 Å². The maximum atomic E-state index is 12.5. The first-order chi connectivity index (χ1) is 15.3. The zero-order valence-electron chi connectivity index (χ0n) is 18.7. The van der Waals surface area contributed by atoms with Crippen LogP contribution in [-0.2, 0) is 19.1 Å². The maximum Gasteiger partial charge on any atom is 0.308 e. The van der Waals surface area contributed by atoms with Gasteiger partial charge in [-0.1, -0.05) is 38.1 Å². The smallest absolute Gasteiger partial charge is 0.308 e. The van der Waals surface area contributed by atoms with Crippen molar-refractivity contribution in [2.75, 3.05) is 11.9 Å². The number of hydrogen-bond acceptors (Lipinski definition) is 6. The number of carbonyl (C=O) groups is 4. The van der Waals surface area contributed by atoms with Gasteiger partial charge in [0, 0.05) is 25.1 Å². The minimum absolute atomic E-state index is 0.0557. The summed E-state index contributed by atoms with van der Waals surface area (Å²) in [6.07, 6.45) is 0.0789. The summed E-state index contributed by atoms with van der Waals surface area (Å²) in [6.45, 7) is 5.75. The Kier molecular flexibility index (Phi) is 10.1. The average Bonchev–Trinajstić information content (AvgIpc) is 3.32. The lowest BCUT2D eigenvalue weighted by Crippen LogP contribution is -2.32. The van der Waals surface area contributed by atoms with Gasteiger partial charge in [-0.25, -0.2) is 0 Å². The molecule has 2 aromatic rings. The summed E-state index contributed by atoms with van der Waals surface area (Å²) < 4.78 is 5.19. The van der Waals surface area contributed by atoms with Crippen LogP contribution in [0.4, 0.5) is 5.69 Å². The summed E-state index contributed by atoms with van der Waals surface area (Å²) >= 11 is 1.34. The van der Waals surface area contributed by atoms with E-state index in [9.17, 15) is 19.2 Å². The van der Waals surface area contributed by atoms with Gasteiger partial charge in [-0.15, -0.1) is 11.3 Å². The van der Waals surface area contributed by atoms with Crippen molar-refractivity contribution in [1.29, 1.82) is 0 Å². The summed E-state index contributed by atoms with van der Waals surface area (Å²) in [6, 6.07) is 11.1. The van der Waals surface area contributed by atoms with E-state index in [1.54, 1.807) is 12.1 Å². The van der Waals surface area contributed by atoms with E-state index in [-0.39, 0.29) is 43.4 Å². The fraction of sp³-hybridized carbons (Fsp3) is 0.417. The quantitative estimate of drug-likeness (QED) is 0.365. The SMILES string of the molecule is CCC(C)c1ccccc1NC(=O)C(C)OC(=O)CCNC(=O)CCC(=O)c1cccs1. The lowest BCUT2D eigenvalue weighted by atomic mass is 9.97. The van der Waals surface area contributed by atoms with Crippen LogP contribution in [0.25, 0.3) is 0 Å². The molecular weight excluding hydrogens is 428 g/mol. The first kappa shape index (κ1) is 25.3. The number of Topliss-reactive ketones (excluding diaryl/α,β-unsaturated/α-hetero) is 1. The van der Waals surface area contributed by atoms with Crippen LogP contribution in [0.15, 0.2) is 41.8 Å². The molecule has 0 bridgehead atoms. The van der Waals surface area contributed by atoms with Crippen LogP contribution in [0, 0.1) is 0 Å². The van der Waals surface area contributed by atoms with Crippen LogP contribution in [-0.4, -0.2) is 36.2 Å². The fourth-order valence-electron chi connectivity index (χ4n) is 2.98. The van der Waals surface area contributed by atoms with Gasteiger partial charge in [0.1, 0.15) is 0 Å². The van der Waals surface area contributed by atoms with E-state index in [4.69, 9.17) is 4.74 Å². The molecule has 2 atom stereocenters. The third-order valence-corrected chi connectivity index (χ3v) is 5.98. The highest BCUT2D eigenvalue weighted by Gasteiger charge is 2.20. The number of ketones is 1. The Morgan fingerprint density at radius 3 is 2.44 bits per heavy atom. The van der Waals surface area contributed by atoms with Gasteiger partial charge < -0.3 is 15.4 Å².